The van der Waals surface area contributed by atoms with E-state index in [0.717, 1.165) is 11.5 Å². The molecule has 0 fully saturated rings. The lowest BCUT2D eigenvalue weighted by atomic mass is 9.81. The third-order valence-electron chi connectivity index (χ3n) is 2.83. The van der Waals surface area contributed by atoms with Crippen molar-refractivity contribution < 1.29 is 19.8 Å². The molecule has 0 unspecified atom stereocenters. The van der Waals surface area contributed by atoms with Gasteiger partial charge in [-0.2, -0.15) is 0 Å². The van der Waals surface area contributed by atoms with Crippen LogP contribution in [0.1, 0.15) is 18.1 Å². The minimum absolute atomic E-state index is 0.220. The van der Waals surface area contributed by atoms with Gasteiger partial charge in [0.15, 0.2) is 5.41 Å². The molecule has 0 amide bonds. The predicted molar refractivity (Wildman–Crippen MR) is 59.0 cm³/mol. The molecule has 1 aromatic rings. The Balaban J connectivity index is 3.73. The van der Waals surface area contributed by atoms with Crippen LogP contribution in [-0.2, 0) is 22.1 Å². The average Bonchev–Trinajstić information content (AvgIpc) is 2.23. The summed E-state index contributed by atoms with van der Waals surface area (Å²) in [6, 6.07) is 1.51. The maximum absolute atomic E-state index is 11.9. The zero-order valence-electron chi connectivity index (χ0n) is 9.72. The minimum atomic E-state index is -2.24. The number of hydrogen-bond donors (Lipinski definition) is 2. The summed E-state index contributed by atoms with van der Waals surface area (Å²) in [6.45, 7) is 2.53. The van der Waals surface area contributed by atoms with Gasteiger partial charge in [-0.25, -0.2) is 0 Å². The first-order valence-corrected chi connectivity index (χ1v) is 4.86. The maximum atomic E-state index is 11.9. The lowest BCUT2D eigenvalue weighted by Crippen LogP contribution is -2.46. The number of carboxylic acids is 2. The van der Waals surface area contributed by atoms with Gasteiger partial charge in [-0.1, -0.05) is 0 Å². The predicted octanol–water partition coefficient (Wildman–Crippen LogP) is 0.121. The molecule has 2 N–H and O–H groups in total. The highest BCUT2D eigenvalue weighted by atomic mass is 16.4. The van der Waals surface area contributed by atoms with Gasteiger partial charge in [0.2, 0.25) is 0 Å². The first-order chi connectivity index (χ1) is 7.72. The summed E-state index contributed by atoms with van der Waals surface area (Å²) in [6.07, 6.45) is 1.46. The molecule has 0 aliphatic rings. The highest BCUT2D eigenvalue weighted by Gasteiger charge is 2.46. The van der Waals surface area contributed by atoms with E-state index in [1.807, 2.05) is 0 Å². The van der Waals surface area contributed by atoms with Gasteiger partial charge in [0.25, 0.3) is 5.56 Å². The zero-order valence-corrected chi connectivity index (χ0v) is 9.72. The van der Waals surface area contributed by atoms with Crippen LogP contribution >= 0.6 is 0 Å². The summed E-state index contributed by atoms with van der Waals surface area (Å²) in [7, 11) is 1.44. The minimum Gasteiger partial charge on any atom is -0.480 e. The van der Waals surface area contributed by atoms with Crippen molar-refractivity contribution in [2.45, 2.75) is 19.3 Å². The van der Waals surface area contributed by atoms with Gasteiger partial charge in [-0.15, -0.1) is 0 Å². The molecule has 6 heteroatoms. The van der Waals surface area contributed by atoms with Crippen LogP contribution in [0, 0.1) is 6.92 Å². The quantitative estimate of drug-likeness (QED) is 0.730. The molecule has 0 bridgehead atoms. The van der Waals surface area contributed by atoms with Gasteiger partial charge < -0.3 is 14.8 Å². The Bertz CT molecular complexity index is 529. The Kier molecular flexibility index (Phi) is 3.08. The Morgan fingerprint density at radius 3 is 2.18 bits per heavy atom. The standard InChI is InChI=1S/C11H13NO5/c1-6-4-5-12(3)8(13)7(6)11(2,9(14)15)10(16)17/h4-5H,1-3H3,(H,14,15)(H,16,17). The molecule has 0 saturated carbocycles. The number of aryl methyl sites for hydroxylation is 2. The fourth-order valence-electron chi connectivity index (χ4n) is 1.63. The molecule has 0 aromatic carbocycles. The maximum Gasteiger partial charge on any atom is 0.325 e. The second-order valence-electron chi connectivity index (χ2n) is 4.03. The number of carboxylic acid groups (broad SMARTS) is 2. The smallest absolute Gasteiger partial charge is 0.325 e. The number of pyridine rings is 1. The van der Waals surface area contributed by atoms with E-state index in [1.165, 1.54) is 26.2 Å². The van der Waals surface area contributed by atoms with Crippen molar-refractivity contribution >= 4 is 11.9 Å². The van der Waals surface area contributed by atoms with E-state index in [1.54, 1.807) is 0 Å². The van der Waals surface area contributed by atoms with E-state index < -0.39 is 22.9 Å². The summed E-state index contributed by atoms with van der Waals surface area (Å²) in [5.74, 6) is -3.12. The number of aliphatic carboxylic acids is 2. The molecule has 0 radical (unpaired) electrons. The Morgan fingerprint density at radius 2 is 1.76 bits per heavy atom. The van der Waals surface area contributed by atoms with E-state index >= 15 is 0 Å². The van der Waals surface area contributed by atoms with Crippen molar-refractivity contribution in [2.75, 3.05) is 0 Å². The number of carbonyl (C=O) groups is 2. The molecule has 1 rings (SSSR count). The molecule has 0 saturated heterocycles. The zero-order chi connectivity index (χ0) is 13.4. The molecule has 0 spiro atoms. The second-order valence-corrected chi connectivity index (χ2v) is 4.03. The van der Waals surface area contributed by atoms with Crippen LogP contribution in [0.5, 0.6) is 0 Å². The van der Waals surface area contributed by atoms with E-state index in [2.05, 4.69) is 0 Å². The first kappa shape index (κ1) is 13.0. The second kappa shape index (κ2) is 4.04. The van der Waals surface area contributed by atoms with Crippen LogP contribution in [0.3, 0.4) is 0 Å². The van der Waals surface area contributed by atoms with Crippen LogP contribution in [0.25, 0.3) is 0 Å². The third-order valence-corrected chi connectivity index (χ3v) is 2.83. The number of hydrogen-bond acceptors (Lipinski definition) is 3. The van der Waals surface area contributed by atoms with Gasteiger partial charge in [-0.3, -0.25) is 14.4 Å². The highest BCUT2D eigenvalue weighted by molar-refractivity contribution is 6.04. The number of rotatable bonds is 3. The van der Waals surface area contributed by atoms with Crippen LogP contribution in [0.4, 0.5) is 0 Å². The van der Waals surface area contributed by atoms with Gasteiger partial charge in [-0.05, 0) is 25.5 Å². The van der Waals surface area contributed by atoms with E-state index in [4.69, 9.17) is 10.2 Å². The molecule has 17 heavy (non-hydrogen) atoms. The fraction of sp³-hybridized carbons (Fsp3) is 0.364. The third kappa shape index (κ3) is 1.82. The molecular formula is C11H13NO5. The highest BCUT2D eigenvalue weighted by Crippen LogP contribution is 2.24. The SMILES string of the molecule is Cc1ccn(C)c(=O)c1C(C)(C(=O)O)C(=O)O. The summed E-state index contributed by atoms with van der Waals surface area (Å²) < 4.78 is 1.16. The van der Waals surface area contributed by atoms with Crippen LogP contribution in [-0.4, -0.2) is 26.7 Å². The molecule has 1 heterocycles. The summed E-state index contributed by atoms with van der Waals surface area (Å²) in [4.78, 5) is 34.2. The summed E-state index contributed by atoms with van der Waals surface area (Å²) in [5, 5.41) is 18.1. The molecule has 92 valence electrons. The van der Waals surface area contributed by atoms with Crippen molar-refractivity contribution in [1.82, 2.24) is 4.57 Å². The molecule has 0 atom stereocenters. The van der Waals surface area contributed by atoms with Crippen molar-refractivity contribution in [3.05, 3.63) is 33.7 Å². The molecule has 6 nitrogen and oxygen atoms in total. The first-order valence-electron chi connectivity index (χ1n) is 4.86. The van der Waals surface area contributed by atoms with Crippen molar-refractivity contribution in [3.8, 4) is 0 Å². The summed E-state index contributed by atoms with van der Waals surface area (Å²) >= 11 is 0. The van der Waals surface area contributed by atoms with Crippen LogP contribution in [0.15, 0.2) is 17.1 Å². The fourth-order valence-corrected chi connectivity index (χ4v) is 1.63. The van der Waals surface area contributed by atoms with Gasteiger partial charge >= 0.3 is 11.9 Å². The van der Waals surface area contributed by atoms with Gasteiger partial charge in [0.1, 0.15) is 0 Å². The average molecular weight is 239 g/mol. The van der Waals surface area contributed by atoms with Crippen LogP contribution < -0.4 is 5.56 Å². The van der Waals surface area contributed by atoms with Crippen molar-refractivity contribution in [2.24, 2.45) is 7.05 Å². The van der Waals surface area contributed by atoms with Crippen molar-refractivity contribution in [3.63, 3.8) is 0 Å². The summed E-state index contributed by atoms with van der Waals surface area (Å²) in [5.41, 5.74) is -2.72. The normalized spacial score (nSPS) is 11.2. The Labute approximate surface area is 97.1 Å². The molecule has 0 aliphatic heterocycles. The Hall–Kier alpha value is -2.11. The lowest BCUT2D eigenvalue weighted by molar-refractivity contribution is -0.156. The molecule has 0 aliphatic carbocycles. The van der Waals surface area contributed by atoms with Gasteiger partial charge in [0, 0.05) is 18.8 Å². The number of nitrogens with zero attached hydrogens (tertiary/aromatic N) is 1. The monoisotopic (exact) mass is 239 g/mol. The number of aromatic nitrogens is 1. The molecule has 1 aromatic heterocycles. The van der Waals surface area contributed by atoms with Crippen LogP contribution in [0.2, 0.25) is 0 Å². The molecular weight excluding hydrogens is 226 g/mol. The van der Waals surface area contributed by atoms with E-state index in [9.17, 15) is 14.4 Å². The Morgan fingerprint density at radius 1 is 1.29 bits per heavy atom. The largest absolute Gasteiger partial charge is 0.480 e. The lowest BCUT2D eigenvalue weighted by Gasteiger charge is -2.21. The van der Waals surface area contributed by atoms with Gasteiger partial charge in [0.05, 0.1) is 0 Å². The van der Waals surface area contributed by atoms with E-state index in [-0.39, 0.29) is 5.56 Å². The topological polar surface area (TPSA) is 96.6 Å². The van der Waals surface area contributed by atoms with E-state index in [0.29, 0.717) is 5.56 Å². The van der Waals surface area contributed by atoms with Crippen molar-refractivity contribution in [1.29, 1.82) is 0 Å².